The van der Waals surface area contributed by atoms with E-state index in [1.54, 1.807) is 0 Å². The first-order valence-corrected chi connectivity index (χ1v) is 4.93. The highest BCUT2D eigenvalue weighted by Crippen LogP contribution is 2.16. The molecule has 2 nitrogen and oxygen atoms in total. The third-order valence-electron chi connectivity index (χ3n) is 2.45. The van der Waals surface area contributed by atoms with Crippen molar-refractivity contribution in [1.82, 2.24) is 5.32 Å². The molecule has 2 atom stereocenters. The summed E-state index contributed by atoms with van der Waals surface area (Å²) < 4.78 is 0. The summed E-state index contributed by atoms with van der Waals surface area (Å²) in [5, 5.41) is 3.52. The van der Waals surface area contributed by atoms with Gasteiger partial charge in [-0.25, -0.2) is 0 Å². The van der Waals surface area contributed by atoms with Crippen LogP contribution < -0.4 is 11.1 Å². The molecule has 0 aromatic rings. The smallest absolute Gasteiger partial charge is 0.00824 e. The van der Waals surface area contributed by atoms with Crippen molar-refractivity contribution < 1.29 is 0 Å². The fourth-order valence-corrected chi connectivity index (χ4v) is 1.74. The van der Waals surface area contributed by atoms with Gasteiger partial charge in [0.1, 0.15) is 0 Å². The molecule has 0 spiro atoms. The fraction of sp³-hybridized carbons (Fsp3) is 0.800. The second-order valence-electron chi connectivity index (χ2n) is 3.58. The van der Waals surface area contributed by atoms with Gasteiger partial charge < -0.3 is 11.1 Å². The quantitative estimate of drug-likeness (QED) is 0.492. The average molecular weight is 168 g/mol. The molecule has 12 heavy (non-hydrogen) atoms. The zero-order valence-electron chi connectivity index (χ0n) is 7.92. The van der Waals surface area contributed by atoms with Gasteiger partial charge in [0.25, 0.3) is 0 Å². The van der Waals surface area contributed by atoms with Crippen LogP contribution in [-0.4, -0.2) is 18.6 Å². The van der Waals surface area contributed by atoms with Crippen molar-refractivity contribution in [3.63, 3.8) is 0 Å². The van der Waals surface area contributed by atoms with Gasteiger partial charge >= 0.3 is 0 Å². The van der Waals surface area contributed by atoms with E-state index < -0.39 is 0 Å². The number of hydrogen-bond donors (Lipinski definition) is 2. The molecular weight excluding hydrogens is 148 g/mol. The highest BCUT2D eigenvalue weighted by atomic mass is 14.9. The maximum absolute atomic E-state index is 5.80. The Bertz CT molecular complexity index is 143. The standard InChI is InChI=1S/C10H20N2/c1-2-3-4-7-12-10-6-5-9(11)8-10/h2-3,9-10,12H,4-8,11H2,1H3/b3-2+. The van der Waals surface area contributed by atoms with E-state index in [4.69, 9.17) is 5.73 Å². The zero-order valence-corrected chi connectivity index (χ0v) is 7.92. The van der Waals surface area contributed by atoms with E-state index in [0.29, 0.717) is 12.1 Å². The molecule has 1 aliphatic rings. The minimum atomic E-state index is 0.448. The van der Waals surface area contributed by atoms with Crippen LogP contribution in [0.4, 0.5) is 0 Å². The van der Waals surface area contributed by atoms with E-state index in [2.05, 4.69) is 24.4 Å². The first-order chi connectivity index (χ1) is 5.83. The van der Waals surface area contributed by atoms with Crippen LogP contribution in [0.5, 0.6) is 0 Å². The van der Waals surface area contributed by atoms with Crippen LogP contribution in [0.3, 0.4) is 0 Å². The van der Waals surface area contributed by atoms with Gasteiger partial charge in [-0.2, -0.15) is 0 Å². The highest BCUT2D eigenvalue weighted by molar-refractivity contribution is 4.84. The summed E-state index contributed by atoms with van der Waals surface area (Å²) in [6.45, 7) is 3.16. The van der Waals surface area contributed by atoms with E-state index in [9.17, 15) is 0 Å². The van der Waals surface area contributed by atoms with Crippen LogP contribution in [-0.2, 0) is 0 Å². The number of hydrogen-bond acceptors (Lipinski definition) is 2. The minimum Gasteiger partial charge on any atom is -0.328 e. The molecule has 0 heterocycles. The lowest BCUT2D eigenvalue weighted by Crippen LogP contribution is -2.28. The molecule has 1 aliphatic carbocycles. The molecule has 1 saturated carbocycles. The molecule has 70 valence electrons. The Kier molecular flexibility index (Phi) is 4.33. The third kappa shape index (κ3) is 3.37. The summed E-state index contributed by atoms with van der Waals surface area (Å²) in [6, 6.07) is 1.13. The van der Waals surface area contributed by atoms with E-state index in [1.807, 2.05) is 0 Å². The van der Waals surface area contributed by atoms with Crippen molar-refractivity contribution >= 4 is 0 Å². The lowest BCUT2D eigenvalue weighted by Gasteiger charge is -2.10. The summed E-state index contributed by atoms with van der Waals surface area (Å²) in [5.74, 6) is 0. The second-order valence-corrected chi connectivity index (χ2v) is 3.58. The molecular formula is C10H20N2. The van der Waals surface area contributed by atoms with Gasteiger partial charge in [0.15, 0.2) is 0 Å². The predicted octanol–water partition coefficient (Wildman–Crippen LogP) is 1.42. The third-order valence-corrected chi connectivity index (χ3v) is 2.45. The van der Waals surface area contributed by atoms with Crippen molar-refractivity contribution in [2.75, 3.05) is 6.54 Å². The van der Waals surface area contributed by atoms with Crippen LogP contribution in [0.25, 0.3) is 0 Å². The Labute approximate surface area is 75.2 Å². The van der Waals surface area contributed by atoms with Gasteiger partial charge in [-0.05, 0) is 39.2 Å². The van der Waals surface area contributed by atoms with Crippen LogP contribution in [0.15, 0.2) is 12.2 Å². The monoisotopic (exact) mass is 168 g/mol. The van der Waals surface area contributed by atoms with Crippen LogP contribution in [0.2, 0.25) is 0 Å². The maximum atomic E-state index is 5.80. The molecule has 0 bridgehead atoms. The van der Waals surface area contributed by atoms with Crippen LogP contribution >= 0.6 is 0 Å². The van der Waals surface area contributed by atoms with Gasteiger partial charge in [-0.1, -0.05) is 12.2 Å². The minimum absolute atomic E-state index is 0.448. The Morgan fingerprint density at radius 1 is 1.50 bits per heavy atom. The molecule has 0 aliphatic heterocycles. The Hall–Kier alpha value is -0.340. The SMILES string of the molecule is C/C=C/CCNC1CCC(N)C1. The molecule has 0 radical (unpaired) electrons. The van der Waals surface area contributed by atoms with E-state index in [0.717, 1.165) is 19.4 Å². The summed E-state index contributed by atoms with van der Waals surface area (Å²) in [7, 11) is 0. The Morgan fingerprint density at radius 3 is 2.92 bits per heavy atom. The lowest BCUT2D eigenvalue weighted by molar-refractivity contribution is 0.523. The fourth-order valence-electron chi connectivity index (χ4n) is 1.74. The summed E-state index contributed by atoms with van der Waals surface area (Å²) in [5.41, 5.74) is 5.80. The number of rotatable bonds is 4. The summed E-state index contributed by atoms with van der Waals surface area (Å²) in [4.78, 5) is 0. The highest BCUT2D eigenvalue weighted by Gasteiger charge is 2.20. The molecule has 3 N–H and O–H groups in total. The van der Waals surface area contributed by atoms with Gasteiger partial charge in [0.2, 0.25) is 0 Å². The van der Waals surface area contributed by atoms with Gasteiger partial charge in [0.05, 0.1) is 0 Å². The van der Waals surface area contributed by atoms with Crippen molar-refractivity contribution in [3.05, 3.63) is 12.2 Å². The van der Waals surface area contributed by atoms with Gasteiger partial charge in [0, 0.05) is 12.1 Å². The molecule has 1 rings (SSSR count). The second kappa shape index (κ2) is 5.33. The van der Waals surface area contributed by atoms with E-state index >= 15 is 0 Å². The molecule has 2 heteroatoms. The van der Waals surface area contributed by atoms with Crippen LogP contribution in [0.1, 0.15) is 32.6 Å². The van der Waals surface area contributed by atoms with Crippen molar-refractivity contribution in [1.29, 1.82) is 0 Å². The van der Waals surface area contributed by atoms with E-state index in [1.165, 1.54) is 12.8 Å². The van der Waals surface area contributed by atoms with Crippen molar-refractivity contribution in [2.24, 2.45) is 5.73 Å². The van der Waals surface area contributed by atoms with Crippen molar-refractivity contribution in [3.8, 4) is 0 Å². The molecule has 0 amide bonds. The predicted molar refractivity (Wildman–Crippen MR) is 53.0 cm³/mol. The lowest BCUT2D eigenvalue weighted by atomic mass is 10.2. The number of nitrogens with one attached hydrogen (secondary N) is 1. The molecule has 0 saturated heterocycles. The number of nitrogens with two attached hydrogens (primary N) is 1. The summed E-state index contributed by atoms with van der Waals surface area (Å²) in [6.07, 6.45) is 9.06. The average Bonchev–Trinajstić information content (AvgIpc) is 2.45. The molecule has 0 aromatic heterocycles. The topological polar surface area (TPSA) is 38.0 Å². The molecule has 0 aromatic carbocycles. The summed E-state index contributed by atoms with van der Waals surface area (Å²) >= 11 is 0. The van der Waals surface area contributed by atoms with E-state index in [-0.39, 0.29) is 0 Å². The Balaban J connectivity index is 2.00. The van der Waals surface area contributed by atoms with Gasteiger partial charge in [-0.15, -0.1) is 0 Å². The Morgan fingerprint density at radius 2 is 2.33 bits per heavy atom. The zero-order chi connectivity index (χ0) is 8.81. The maximum Gasteiger partial charge on any atom is 0.00824 e. The first-order valence-electron chi connectivity index (χ1n) is 4.93. The normalized spacial score (nSPS) is 30.2. The molecule has 2 unspecified atom stereocenters. The van der Waals surface area contributed by atoms with Crippen molar-refractivity contribution in [2.45, 2.75) is 44.7 Å². The largest absolute Gasteiger partial charge is 0.328 e. The van der Waals surface area contributed by atoms with Crippen LogP contribution in [0, 0.1) is 0 Å². The number of allylic oxidation sites excluding steroid dienone is 1. The van der Waals surface area contributed by atoms with Gasteiger partial charge in [-0.3, -0.25) is 0 Å². The molecule has 1 fully saturated rings. The first kappa shape index (κ1) is 9.75.